The number of nitrogens with two attached hydrogens (primary N) is 1. The van der Waals surface area contributed by atoms with E-state index in [1.165, 1.54) is 6.19 Å². The molecular formula is CH4N3NaO3. The molecule has 0 heterocycles. The van der Waals surface area contributed by atoms with Gasteiger partial charge in [-0.15, -0.1) is 10.1 Å². The van der Waals surface area contributed by atoms with Crippen molar-refractivity contribution in [2.45, 2.75) is 0 Å². The van der Waals surface area contributed by atoms with Crippen molar-refractivity contribution in [1.82, 2.24) is 0 Å². The second kappa shape index (κ2) is 16.1. The summed E-state index contributed by atoms with van der Waals surface area (Å²) < 4.78 is 0. The van der Waals surface area contributed by atoms with Crippen LogP contribution < -0.4 is 5.73 Å². The standard InChI is InChI=1S/CH2N2.HNO3.Na.H/c2-1-3;2-1(3)4;;/h2H2;(H,2,3,4);;. The minimum absolute atomic E-state index is 0. The van der Waals surface area contributed by atoms with E-state index in [-0.39, 0.29) is 29.6 Å². The van der Waals surface area contributed by atoms with Gasteiger partial charge in [-0.1, -0.05) is 0 Å². The van der Waals surface area contributed by atoms with Gasteiger partial charge in [0, 0.05) is 0 Å². The van der Waals surface area contributed by atoms with Crippen molar-refractivity contribution in [3.63, 3.8) is 0 Å². The molecule has 0 bridgehead atoms. The fourth-order valence-electron chi connectivity index (χ4n) is 0. The van der Waals surface area contributed by atoms with Gasteiger partial charge in [-0.3, -0.25) is 0 Å². The Kier molecular flexibility index (Phi) is 31.4. The third-order valence-corrected chi connectivity index (χ3v) is 0. The molecule has 0 saturated carbocycles. The second-order valence-electron chi connectivity index (χ2n) is 0.367. The Morgan fingerprint density at radius 3 is 1.88 bits per heavy atom. The molecular weight excluding hydrogens is 125 g/mol. The zero-order valence-electron chi connectivity index (χ0n) is 3.24. The number of hydrogen-bond acceptors (Lipinski definition) is 4. The SMILES string of the molecule is N#CN.O=[N+]([O-])O.[NaH]. The molecule has 0 rings (SSSR count). The van der Waals surface area contributed by atoms with E-state index in [0.29, 0.717) is 0 Å². The van der Waals surface area contributed by atoms with Crippen molar-refractivity contribution in [3.8, 4) is 6.19 Å². The molecule has 42 valence electrons. The van der Waals surface area contributed by atoms with Crippen LogP contribution in [-0.4, -0.2) is 39.9 Å². The topological polar surface area (TPSA) is 113 Å². The van der Waals surface area contributed by atoms with E-state index in [0.717, 1.165) is 0 Å². The molecule has 3 N–H and O–H groups in total. The molecule has 0 aromatic heterocycles. The van der Waals surface area contributed by atoms with Crippen molar-refractivity contribution < 1.29 is 10.3 Å². The van der Waals surface area contributed by atoms with Crippen molar-refractivity contribution in [2.24, 2.45) is 5.73 Å². The predicted molar refractivity (Wildman–Crippen MR) is 25.7 cm³/mol. The summed E-state index contributed by atoms with van der Waals surface area (Å²) in [7, 11) is 0. The molecule has 0 aromatic carbocycles. The Morgan fingerprint density at radius 2 is 1.88 bits per heavy atom. The van der Waals surface area contributed by atoms with E-state index in [1.807, 2.05) is 0 Å². The Balaban J connectivity index is -0.0000000575. The molecule has 0 spiro atoms. The van der Waals surface area contributed by atoms with Gasteiger partial charge in [-0.25, -0.2) is 0 Å². The predicted octanol–water partition coefficient (Wildman–Crippen LogP) is -1.57. The van der Waals surface area contributed by atoms with E-state index < -0.39 is 5.09 Å². The molecule has 6 nitrogen and oxygen atoms in total. The Labute approximate surface area is 67.3 Å². The average molecular weight is 129 g/mol. The van der Waals surface area contributed by atoms with E-state index in [9.17, 15) is 0 Å². The first-order valence-electron chi connectivity index (χ1n) is 1.08. The first kappa shape index (κ1) is 15.6. The first-order valence-corrected chi connectivity index (χ1v) is 1.08. The Morgan fingerprint density at radius 1 is 1.88 bits per heavy atom. The van der Waals surface area contributed by atoms with Gasteiger partial charge in [0.25, 0.3) is 5.09 Å². The van der Waals surface area contributed by atoms with E-state index >= 15 is 0 Å². The van der Waals surface area contributed by atoms with Gasteiger partial charge in [-0.2, -0.15) is 5.26 Å². The summed E-state index contributed by atoms with van der Waals surface area (Å²) in [5.41, 5.74) is 4.15. The number of hydrogen-bond donors (Lipinski definition) is 2. The van der Waals surface area contributed by atoms with Gasteiger partial charge in [-0.05, 0) is 0 Å². The monoisotopic (exact) mass is 129 g/mol. The molecule has 0 unspecified atom stereocenters. The summed E-state index contributed by atoms with van der Waals surface area (Å²) in [6.45, 7) is 0. The van der Waals surface area contributed by atoms with Crippen LogP contribution in [0.4, 0.5) is 0 Å². The minimum atomic E-state index is -1.50. The van der Waals surface area contributed by atoms with Crippen LogP contribution in [0, 0.1) is 21.6 Å². The Hall–Kier alpha value is -0.510. The van der Waals surface area contributed by atoms with Gasteiger partial charge in [0.15, 0.2) is 6.19 Å². The second-order valence-corrected chi connectivity index (χ2v) is 0.367. The number of nitrogens with zero attached hydrogens (tertiary/aromatic N) is 2. The van der Waals surface area contributed by atoms with Crippen molar-refractivity contribution >= 4 is 29.6 Å². The molecule has 8 heavy (non-hydrogen) atoms. The molecule has 0 aliphatic rings. The van der Waals surface area contributed by atoms with Crippen LogP contribution in [0.5, 0.6) is 0 Å². The van der Waals surface area contributed by atoms with Crippen LogP contribution in [0.15, 0.2) is 0 Å². The van der Waals surface area contributed by atoms with Gasteiger partial charge in [0.1, 0.15) is 0 Å². The van der Waals surface area contributed by atoms with Crippen LogP contribution in [0.2, 0.25) is 0 Å². The van der Waals surface area contributed by atoms with Crippen LogP contribution in [0.3, 0.4) is 0 Å². The van der Waals surface area contributed by atoms with Crippen molar-refractivity contribution in [3.05, 3.63) is 10.1 Å². The molecule has 0 saturated heterocycles. The normalized spacial score (nSPS) is 3.88. The molecule has 0 fully saturated rings. The van der Waals surface area contributed by atoms with Crippen LogP contribution in [0.25, 0.3) is 0 Å². The zero-order chi connectivity index (χ0) is 6.28. The Bertz CT molecular complexity index is 83.0. The first-order chi connectivity index (χ1) is 3.15. The summed E-state index contributed by atoms with van der Waals surface area (Å²) in [5.74, 6) is 0. The van der Waals surface area contributed by atoms with Crippen molar-refractivity contribution in [1.29, 1.82) is 5.26 Å². The third kappa shape index (κ3) is 426. The fraction of sp³-hybridized carbons (Fsp3) is 0. The quantitative estimate of drug-likeness (QED) is 0.135. The van der Waals surface area contributed by atoms with Gasteiger partial charge in [0.2, 0.25) is 0 Å². The molecule has 0 radical (unpaired) electrons. The molecule has 0 amide bonds. The third-order valence-electron chi connectivity index (χ3n) is 0. The molecule has 7 heteroatoms. The molecule has 0 atom stereocenters. The van der Waals surface area contributed by atoms with E-state index in [1.54, 1.807) is 0 Å². The van der Waals surface area contributed by atoms with Crippen LogP contribution in [-0.2, 0) is 0 Å². The van der Waals surface area contributed by atoms with Crippen LogP contribution in [0.1, 0.15) is 0 Å². The fourth-order valence-corrected chi connectivity index (χ4v) is 0. The maximum atomic E-state index is 8.36. The van der Waals surface area contributed by atoms with Gasteiger partial charge >= 0.3 is 29.6 Å². The van der Waals surface area contributed by atoms with Crippen molar-refractivity contribution in [2.75, 3.05) is 0 Å². The molecule has 0 aliphatic heterocycles. The average Bonchev–Trinajstić information content (AvgIpc) is 1.33. The summed E-state index contributed by atoms with van der Waals surface area (Å²) in [6, 6.07) is 0. The number of rotatable bonds is 0. The summed E-state index contributed by atoms with van der Waals surface area (Å²) in [6.07, 6.45) is 1.25. The molecule has 0 aromatic rings. The summed E-state index contributed by atoms with van der Waals surface area (Å²) in [5, 5.41) is 20.7. The summed E-state index contributed by atoms with van der Waals surface area (Å²) in [4.78, 5) is 8.36. The summed E-state index contributed by atoms with van der Waals surface area (Å²) >= 11 is 0. The van der Waals surface area contributed by atoms with Gasteiger partial charge < -0.3 is 10.9 Å². The van der Waals surface area contributed by atoms with E-state index in [2.05, 4.69) is 5.73 Å². The molecule has 0 aliphatic carbocycles. The number of nitriles is 1. The maximum absolute atomic E-state index is 8.36. The van der Waals surface area contributed by atoms with Gasteiger partial charge in [0.05, 0.1) is 0 Å². The van der Waals surface area contributed by atoms with Crippen LogP contribution >= 0.6 is 0 Å². The zero-order valence-corrected chi connectivity index (χ0v) is 3.24. The van der Waals surface area contributed by atoms with E-state index in [4.69, 9.17) is 20.6 Å².